The fourth-order valence-electron chi connectivity index (χ4n) is 1.79. The van der Waals surface area contributed by atoms with Crippen molar-refractivity contribution in [3.05, 3.63) is 35.9 Å². The van der Waals surface area contributed by atoms with Crippen LogP contribution in [0.1, 0.15) is 5.56 Å². The van der Waals surface area contributed by atoms with Crippen LogP contribution in [0.3, 0.4) is 0 Å². The van der Waals surface area contributed by atoms with Crippen molar-refractivity contribution in [3.63, 3.8) is 0 Å². The minimum atomic E-state index is -1.39. The molecule has 0 saturated carbocycles. The molecule has 0 aliphatic carbocycles. The Kier molecular flexibility index (Phi) is 4.76. The van der Waals surface area contributed by atoms with Crippen LogP contribution in [0.15, 0.2) is 30.3 Å². The highest BCUT2D eigenvalue weighted by atomic mass is 28.4. The van der Waals surface area contributed by atoms with Gasteiger partial charge >= 0.3 is 0 Å². The fraction of sp³-hybridized carbons (Fsp3) is 0.500. The number of hydrogen-bond donors (Lipinski definition) is 0. The Labute approximate surface area is 96.3 Å². The van der Waals surface area contributed by atoms with Crippen molar-refractivity contribution in [2.75, 3.05) is 0 Å². The predicted octanol–water partition coefficient (Wildman–Crippen LogP) is 3.43. The summed E-state index contributed by atoms with van der Waals surface area (Å²) in [6, 6.07) is 11.9. The molecule has 1 nitrogen and oxygen atoms in total. The molecule has 15 heavy (non-hydrogen) atoms. The summed E-state index contributed by atoms with van der Waals surface area (Å²) in [4.78, 5) is 0. The van der Waals surface area contributed by atoms with Gasteiger partial charge in [-0.3, -0.25) is 0 Å². The molecule has 1 aromatic rings. The highest BCUT2D eigenvalue weighted by Crippen LogP contribution is 2.16. The monoisotopic (exact) mass is 238 g/mol. The van der Waals surface area contributed by atoms with Gasteiger partial charge in [-0.1, -0.05) is 30.3 Å². The van der Waals surface area contributed by atoms with Crippen molar-refractivity contribution in [1.29, 1.82) is 0 Å². The van der Waals surface area contributed by atoms with E-state index in [4.69, 9.17) is 4.12 Å². The first-order valence-electron chi connectivity index (χ1n) is 5.71. The molecule has 1 rings (SSSR count). The van der Waals surface area contributed by atoms with Crippen molar-refractivity contribution in [3.8, 4) is 0 Å². The highest BCUT2D eigenvalue weighted by molar-refractivity contribution is 6.77. The van der Waals surface area contributed by atoms with E-state index in [9.17, 15) is 0 Å². The summed E-state index contributed by atoms with van der Waals surface area (Å²) in [5.41, 5.74) is 1.44. The maximum Gasteiger partial charge on any atom is 0.173 e. The molecule has 0 spiro atoms. The van der Waals surface area contributed by atoms with Gasteiger partial charge in [0.2, 0.25) is 0 Å². The average Bonchev–Trinajstić information content (AvgIpc) is 2.15. The summed E-state index contributed by atoms with van der Waals surface area (Å²) in [5, 5.41) is 0. The highest BCUT2D eigenvalue weighted by Gasteiger charge is 2.22. The van der Waals surface area contributed by atoms with Crippen molar-refractivity contribution in [1.82, 2.24) is 0 Å². The van der Waals surface area contributed by atoms with Crippen LogP contribution < -0.4 is 0 Å². The van der Waals surface area contributed by atoms with Crippen LogP contribution >= 0.6 is 0 Å². The zero-order valence-electron chi connectivity index (χ0n) is 10.3. The Morgan fingerprint density at radius 3 is 2.27 bits per heavy atom. The molecule has 0 radical (unpaired) electrons. The van der Waals surface area contributed by atoms with E-state index in [0.717, 1.165) is 0 Å². The zero-order valence-corrected chi connectivity index (χ0v) is 12.4. The summed E-state index contributed by atoms with van der Waals surface area (Å²) < 4.78 is 6.14. The van der Waals surface area contributed by atoms with Crippen molar-refractivity contribution in [2.24, 2.45) is 0 Å². The van der Waals surface area contributed by atoms with Gasteiger partial charge in [-0.25, -0.2) is 0 Å². The van der Waals surface area contributed by atoms with Crippen molar-refractivity contribution in [2.45, 2.75) is 38.7 Å². The van der Waals surface area contributed by atoms with E-state index in [0.29, 0.717) is 0 Å². The minimum absolute atomic E-state index is 0.859. The molecule has 0 aliphatic rings. The number of benzene rings is 1. The predicted molar refractivity (Wildman–Crippen MR) is 72.4 cm³/mol. The summed E-state index contributed by atoms with van der Waals surface area (Å²) in [6.07, 6.45) is 1.17. The van der Waals surface area contributed by atoms with Gasteiger partial charge in [-0.05, 0) is 44.2 Å². The fourth-order valence-corrected chi connectivity index (χ4v) is 8.25. The Morgan fingerprint density at radius 1 is 1.13 bits per heavy atom. The smallest absolute Gasteiger partial charge is 0.173 e. The van der Waals surface area contributed by atoms with Crippen molar-refractivity contribution >= 4 is 17.4 Å². The van der Waals surface area contributed by atoms with Crippen LogP contribution in [0, 0.1) is 0 Å². The van der Waals surface area contributed by atoms with Gasteiger partial charge in [0.25, 0.3) is 0 Å². The second kappa shape index (κ2) is 5.63. The minimum Gasteiger partial charge on any atom is -0.458 e. The molecule has 0 atom stereocenters. The van der Waals surface area contributed by atoms with E-state index >= 15 is 0 Å². The normalized spacial score (nSPS) is 12.1. The molecule has 1 aromatic carbocycles. The molecular formula is C12H22OSi2. The standard InChI is InChI=1S/C12H22OSi2/c1-14(2)13-15(3,4)11-10-12-8-6-5-7-9-12/h5-9,14H,10-11H2,1-4H3. The van der Waals surface area contributed by atoms with Crippen LogP contribution in [0.25, 0.3) is 0 Å². The topological polar surface area (TPSA) is 9.23 Å². The number of hydrogen-bond acceptors (Lipinski definition) is 1. The largest absolute Gasteiger partial charge is 0.458 e. The molecule has 0 N–H and O–H groups in total. The lowest BCUT2D eigenvalue weighted by Gasteiger charge is -2.25. The van der Waals surface area contributed by atoms with Gasteiger partial charge < -0.3 is 4.12 Å². The van der Waals surface area contributed by atoms with Crippen molar-refractivity contribution < 1.29 is 4.12 Å². The molecule has 0 fully saturated rings. The Balaban J connectivity index is 2.42. The first kappa shape index (κ1) is 12.7. The quantitative estimate of drug-likeness (QED) is 0.714. The van der Waals surface area contributed by atoms with Gasteiger partial charge in [0, 0.05) is 0 Å². The number of aryl methyl sites for hydroxylation is 1. The van der Waals surface area contributed by atoms with E-state index in [1.165, 1.54) is 18.0 Å². The molecule has 0 aliphatic heterocycles. The first-order chi connectivity index (χ1) is 6.99. The van der Waals surface area contributed by atoms with Crippen LogP contribution in [-0.4, -0.2) is 17.4 Å². The lowest BCUT2D eigenvalue weighted by molar-refractivity contribution is 0.569. The van der Waals surface area contributed by atoms with E-state index in [2.05, 4.69) is 56.5 Å². The van der Waals surface area contributed by atoms with Crippen LogP contribution in [0.4, 0.5) is 0 Å². The SMILES string of the molecule is C[SiH](C)O[Si](C)(C)CCc1ccccc1. The average molecular weight is 238 g/mol. The Bertz CT molecular complexity index is 283. The van der Waals surface area contributed by atoms with Crippen LogP contribution in [-0.2, 0) is 10.5 Å². The zero-order chi connectivity index (χ0) is 11.3. The molecule has 3 heteroatoms. The molecule has 0 heterocycles. The third-order valence-corrected chi connectivity index (χ3v) is 8.31. The summed E-state index contributed by atoms with van der Waals surface area (Å²) in [5.74, 6) is 0. The molecule has 84 valence electrons. The third-order valence-electron chi connectivity index (χ3n) is 2.41. The lowest BCUT2D eigenvalue weighted by atomic mass is 10.2. The summed E-state index contributed by atoms with van der Waals surface area (Å²) in [7, 11) is -2.25. The second-order valence-corrected chi connectivity index (χ2v) is 12.0. The Hall–Kier alpha value is -0.386. The second-order valence-electron chi connectivity index (χ2n) is 4.91. The summed E-state index contributed by atoms with van der Waals surface area (Å²) >= 11 is 0. The maximum atomic E-state index is 6.14. The van der Waals surface area contributed by atoms with Crippen LogP contribution in [0.5, 0.6) is 0 Å². The van der Waals surface area contributed by atoms with E-state index in [-0.39, 0.29) is 0 Å². The molecule has 0 amide bonds. The number of rotatable bonds is 5. The van der Waals surface area contributed by atoms with Gasteiger partial charge in [0.05, 0.1) is 0 Å². The molecular weight excluding hydrogens is 216 g/mol. The van der Waals surface area contributed by atoms with Gasteiger partial charge in [-0.15, -0.1) is 0 Å². The van der Waals surface area contributed by atoms with Gasteiger partial charge in [0.1, 0.15) is 0 Å². The molecule has 0 aromatic heterocycles. The first-order valence-corrected chi connectivity index (χ1v) is 11.6. The van der Waals surface area contributed by atoms with E-state index < -0.39 is 17.4 Å². The Morgan fingerprint density at radius 2 is 1.73 bits per heavy atom. The van der Waals surface area contributed by atoms with Crippen LogP contribution in [0.2, 0.25) is 32.2 Å². The molecule has 0 saturated heterocycles. The van der Waals surface area contributed by atoms with Gasteiger partial charge in [0.15, 0.2) is 17.4 Å². The lowest BCUT2D eigenvalue weighted by Crippen LogP contribution is -2.35. The van der Waals surface area contributed by atoms with E-state index in [1.54, 1.807) is 0 Å². The van der Waals surface area contributed by atoms with Gasteiger partial charge in [-0.2, -0.15) is 0 Å². The molecule has 0 bridgehead atoms. The maximum absolute atomic E-state index is 6.14. The third kappa shape index (κ3) is 5.30. The van der Waals surface area contributed by atoms with E-state index in [1.807, 2.05) is 0 Å². The molecule has 0 unspecified atom stereocenters. The summed E-state index contributed by atoms with van der Waals surface area (Å²) in [6.45, 7) is 9.19.